The highest BCUT2D eigenvalue weighted by molar-refractivity contribution is 6.31. The van der Waals surface area contributed by atoms with Gasteiger partial charge in [-0.25, -0.2) is 0 Å². The molecule has 1 fully saturated rings. The molecule has 0 saturated carbocycles. The Labute approximate surface area is 172 Å². The van der Waals surface area contributed by atoms with Crippen LogP contribution < -0.4 is 9.64 Å². The Morgan fingerprint density at radius 1 is 1.25 bits per heavy atom. The van der Waals surface area contributed by atoms with E-state index in [-0.39, 0.29) is 18.4 Å². The third-order valence-corrected chi connectivity index (χ3v) is 5.70. The largest absolute Gasteiger partial charge is 0.483 e. The minimum absolute atomic E-state index is 0.0465. The zero-order valence-corrected chi connectivity index (χ0v) is 17.6. The van der Waals surface area contributed by atoms with Crippen molar-refractivity contribution in [3.8, 4) is 5.75 Å². The highest BCUT2D eigenvalue weighted by Crippen LogP contribution is 2.32. The van der Waals surface area contributed by atoms with Crippen molar-refractivity contribution in [3.63, 3.8) is 0 Å². The van der Waals surface area contributed by atoms with Crippen molar-refractivity contribution in [2.75, 3.05) is 32.8 Å². The number of rotatable bonds is 6. The van der Waals surface area contributed by atoms with Gasteiger partial charge < -0.3 is 14.5 Å². The van der Waals surface area contributed by atoms with E-state index in [4.69, 9.17) is 16.3 Å². The summed E-state index contributed by atoms with van der Waals surface area (Å²) in [4.78, 5) is 20.1. The lowest BCUT2D eigenvalue weighted by atomic mass is 10.0. The van der Waals surface area contributed by atoms with Crippen molar-refractivity contribution in [2.24, 2.45) is 0 Å². The molecule has 2 heterocycles. The lowest BCUT2D eigenvalue weighted by molar-refractivity contribution is -0.917. The number of carbonyl (C=O) groups excluding carboxylic acids is 1. The van der Waals surface area contributed by atoms with E-state index in [2.05, 4.69) is 31.0 Å². The second-order valence-corrected chi connectivity index (χ2v) is 8.15. The first-order valence-corrected chi connectivity index (χ1v) is 10.2. The minimum Gasteiger partial charge on any atom is -0.483 e. The molecular weight excluding hydrogens is 374 g/mol. The molecule has 6 heteroatoms. The molecule has 0 atom stereocenters. The Hall–Kier alpha value is -2.11. The van der Waals surface area contributed by atoms with Crippen molar-refractivity contribution in [1.29, 1.82) is 0 Å². The van der Waals surface area contributed by atoms with Crippen LogP contribution in [0.5, 0.6) is 5.75 Å². The molecule has 0 spiro atoms. The molecule has 1 aromatic carbocycles. The summed E-state index contributed by atoms with van der Waals surface area (Å²) in [7, 11) is 0. The maximum absolute atomic E-state index is 12.6. The first-order valence-electron chi connectivity index (χ1n) is 9.87. The van der Waals surface area contributed by atoms with Crippen LogP contribution in [0.1, 0.15) is 36.5 Å². The van der Waals surface area contributed by atoms with Gasteiger partial charge in [-0.2, -0.15) is 0 Å². The number of hydrogen-bond donors (Lipinski definition) is 1. The molecule has 1 aliphatic rings. The fourth-order valence-corrected chi connectivity index (χ4v) is 3.69. The first-order chi connectivity index (χ1) is 13.4. The second-order valence-electron chi connectivity index (χ2n) is 7.75. The number of aryl methyl sites for hydroxylation is 1. The number of nitrogens with zero attached hydrogens (tertiary/aromatic N) is 2. The van der Waals surface area contributed by atoms with E-state index in [0.717, 1.165) is 54.6 Å². The second kappa shape index (κ2) is 9.39. The zero-order valence-electron chi connectivity index (χ0n) is 16.9. The molecule has 0 aliphatic carbocycles. The number of ether oxygens (including phenoxy) is 1. The number of hydrogen-bond acceptors (Lipinski definition) is 3. The summed E-state index contributed by atoms with van der Waals surface area (Å²) in [6.07, 6.45) is 3.66. The van der Waals surface area contributed by atoms with E-state index in [9.17, 15) is 4.79 Å². The van der Waals surface area contributed by atoms with Gasteiger partial charge in [0.25, 0.3) is 5.91 Å². The molecule has 2 aromatic rings. The molecule has 28 heavy (non-hydrogen) atoms. The Kier molecular flexibility index (Phi) is 6.92. The van der Waals surface area contributed by atoms with E-state index < -0.39 is 0 Å². The van der Waals surface area contributed by atoms with E-state index in [1.807, 2.05) is 36.4 Å². The van der Waals surface area contributed by atoms with Gasteiger partial charge in [0.2, 0.25) is 0 Å². The van der Waals surface area contributed by atoms with Crippen molar-refractivity contribution in [2.45, 2.75) is 33.2 Å². The molecule has 0 bridgehead atoms. The lowest BCUT2D eigenvalue weighted by Gasteiger charge is -2.32. The zero-order chi connectivity index (χ0) is 20.1. The van der Waals surface area contributed by atoms with E-state index >= 15 is 0 Å². The summed E-state index contributed by atoms with van der Waals surface area (Å²) >= 11 is 6.25. The highest BCUT2D eigenvalue weighted by atomic mass is 35.5. The number of amides is 1. The Morgan fingerprint density at radius 3 is 2.57 bits per heavy atom. The van der Waals surface area contributed by atoms with Gasteiger partial charge in [-0.3, -0.25) is 9.78 Å². The number of halogens is 1. The van der Waals surface area contributed by atoms with Crippen molar-refractivity contribution >= 4 is 17.5 Å². The van der Waals surface area contributed by atoms with Gasteiger partial charge in [-0.1, -0.05) is 25.4 Å². The van der Waals surface area contributed by atoms with Crippen molar-refractivity contribution in [3.05, 3.63) is 58.4 Å². The molecule has 1 aliphatic heterocycles. The van der Waals surface area contributed by atoms with Gasteiger partial charge in [0, 0.05) is 23.0 Å². The SMILES string of the molecule is Cc1cc(OCC(=O)N2CC[NH+](Cc3ccncc3)CC2)c(C(C)C)cc1Cl. The van der Waals surface area contributed by atoms with Crippen LogP contribution in [0.3, 0.4) is 0 Å². The number of aromatic nitrogens is 1. The number of quaternary nitrogens is 1. The number of carbonyl (C=O) groups is 1. The van der Waals surface area contributed by atoms with Gasteiger partial charge in [-0.05, 0) is 48.2 Å². The summed E-state index contributed by atoms with van der Waals surface area (Å²) in [5.41, 5.74) is 3.28. The molecule has 1 aromatic heterocycles. The summed E-state index contributed by atoms with van der Waals surface area (Å²) < 4.78 is 5.91. The number of piperazine rings is 1. The third-order valence-electron chi connectivity index (χ3n) is 5.29. The maximum Gasteiger partial charge on any atom is 0.260 e. The lowest BCUT2D eigenvalue weighted by Crippen LogP contribution is -3.13. The van der Waals surface area contributed by atoms with Crippen LogP contribution in [-0.2, 0) is 11.3 Å². The molecule has 5 nitrogen and oxygen atoms in total. The normalized spacial score (nSPS) is 15.1. The molecule has 1 saturated heterocycles. The third kappa shape index (κ3) is 5.24. The average molecular weight is 403 g/mol. The number of benzene rings is 1. The van der Waals surface area contributed by atoms with Crippen LogP contribution in [0.2, 0.25) is 5.02 Å². The van der Waals surface area contributed by atoms with Crippen LogP contribution >= 0.6 is 11.6 Å². The molecule has 0 unspecified atom stereocenters. The quantitative estimate of drug-likeness (QED) is 0.807. The van der Waals surface area contributed by atoms with Gasteiger partial charge in [0.1, 0.15) is 12.3 Å². The average Bonchev–Trinajstić information content (AvgIpc) is 2.69. The van der Waals surface area contributed by atoms with Gasteiger partial charge in [-0.15, -0.1) is 0 Å². The topological polar surface area (TPSA) is 46.9 Å². The van der Waals surface area contributed by atoms with Crippen LogP contribution in [-0.4, -0.2) is 48.6 Å². The van der Waals surface area contributed by atoms with Crippen LogP contribution in [0, 0.1) is 6.92 Å². The summed E-state index contributed by atoms with van der Waals surface area (Å²) in [5.74, 6) is 1.08. The minimum atomic E-state index is 0.0465. The van der Waals surface area contributed by atoms with Gasteiger partial charge >= 0.3 is 0 Å². The molecule has 3 rings (SSSR count). The summed E-state index contributed by atoms with van der Waals surface area (Å²) in [6, 6.07) is 7.99. The molecular formula is C22H29ClN3O2+. The van der Waals surface area contributed by atoms with Gasteiger partial charge in [0.05, 0.1) is 26.2 Å². The standard InChI is InChI=1S/C22H28ClN3O2/c1-16(2)19-13-20(23)17(3)12-21(19)28-15-22(27)26-10-8-25(9-11-26)14-18-4-6-24-7-5-18/h4-7,12-13,16H,8-11,14-15H2,1-3H3/p+1. The Balaban J connectivity index is 1.52. The molecule has 1 N–H and O–H groups in total. The first kappa shape index (κ1) is 20.6. The number of nitrogens with one attached hydrogen (secondary N) is 1. The van der Waals surface area contributed by atoms with Crippen LogP contribution in [0.4, 0.5) is 0 Å². The van der Waals surface area contributed by atoms with E-state index in [1.165, 1.54) is 10.5 Å². The van der Waals surface area contributed by atoms with Crippen molar-refractivity contribution in [1.82, 2.24) is 9.88 Å². The Morgan fingerprint density at radius 2 is 1.93 bits per heavy atom. The molecule has 0 radical (unpaired) electrons. The predicted octanol–water partition coefficient (Wildman–Crippen LogP) is 2.47. The van der Waals surface area contributed by atoms with Crippen LogP contribution in [0.25, 0.3) is 0 Å². The fraction of sp³-hybridized carbons (Fsp3) is 0.455. The monoisotopic (exact) mass is 402 g/mol. The van der Waals surface area contributed by atoms with E-state index in [1.54, 1.807) is 0 Å². The van der Waals surface area contributed by atoms with Crippen LogP contribution in [0.15, 0.2) is 36.7 Å². The molecule has 1 amide bonds. The summed E-state index contributed by atoms with van der Waals surface area (Å²) in [5, 5.41) is 0.732. The smallest absolute Gasteiger partial charge is 0.260 e. The van der Waals surface area contributed by atoms with Gasteiger partial charge in [0.15, 0.2) is 6.61 Å². The van der Waals surface area contributed by atoms with E-state index in [0.29, 0.717) is 0 Å². The Bertz CT molecular complexity index is 803. The summed E-state index contributed by atoms with van der Waals surface area (Å²) in [6.45, 7) is 10.6. The predicted molar refractivity (Wildman–Crippen MR) is 111 cm³/mol. The molecule has 150 valence electrons. The highest BCUT2D eigenvalue weighted by Gasteiger charge is 2.24. The van der Waals surface area contributed by atoms with Crippen molar-refractivity contribution < 1.29 is 14.4 Å². The fourth-order valence-electron chi connectivity index (χ4n) is 3.52. The number of pyridine rings is 1. The maximum atomic E-state index is 12.6.